The summed E-state index contributed by atoms with van der Waals surface area (Å²) in [6.45, 7) is 6.31. The SMILES string of the molecule is COCC(O)CN1CCC(NC2CCOC2C)CC1. The molecule has 2 fully saturated rings. The number of piperidine rings is 1. The Bertz CT molecular complexity index is 257. The summed E-state index contributed by atoms with van der Waals surface area (Å²) in [6.07, 6.45) is 3.43. The minimum absolute atomic E-state index is 0.349. The molecule has 2 rings (SSSR count). The molecule has 2 heterocycles. The van der Waals surface area contributed by atoms with Crippen molar-refractivity contribution in [1.29, 1.82) is 0 Å². The Morgan fingerprint density at radius 1 is 1.37 bits per heavy atom. The molecule has 0 radical (unpaired) electrons. The van der Waals surface area contributed by atoms with E-state index >= 15 is 0 Å². The van der Waals surface area contributed by atoms with E-state index in [-0.39, 0.29) is 6.10 Å². The number of methoxy groups -OCH3 is 1. The second-order valence-electron chi connectivity index (χ2n) is 5.82. The largest absolute Gasteiger partial charge is 0.389 e. The minimum atomic E-state index is -0.363. The molecule has 0 aromatic carbocycles. The molecule has 0 aromatic heterocycles. The zero-order valence-corrected chi connectivity index (χ0v) is 12.2. The molecular weight excluding hydrogens is 244 g/mol. The van der Waals surface area contributed by atoms with E-state index in [9.17, 15) is 5.11 Å². The van der Waals surface area contributed by atoms with E-state index in [1.54, 1.807) is 7.11 Å². The van der Waals surface area contributed by atoms with Crippen molar-refractivity contribution in [3.8, 4) is 0 Å². The third-order valence-corrected chi connectivity index (χ3v) is 4.24. The number of aliphatic hydroxyl groups excluding tert-OH is 1. The molecule has 3 atom stereocenters. The van der Waals surface area contributed by atoms with Gasteiger partial charge in [-0.3, -0.25) is 0 Å². The lowest BCUT2D eigenvalue weighted by atomic mass is 10.0. The van der Waals surface area contributed by atoms with Crippen LogP contribution in [0.4, 0.5) is 0 Å². The van der Waals surface area contributed by atoms with E-state index in [2.05, 4.69) is 17.1 Å². The highest BCUT2D eigenvalue weighted by Gasteiger charge is 2.28. The van der Waals surface area contributed by atoms with Crippen LogP contribution in [-0.2, 0) is 9.47 Å². The Morgan fingerprint density at radius 2 is 2.11 bits per heavy atom. The lowest BCUT2D eigenvalue weighted by Crippen LogP contribution is -2.49. The van der Waals surface area contributed by atoms with Gasteiger partial charge < -0.3 is 24.8 Å². The third kappa shape index (κ3) is 4.68. The van der Waals surface area contributed by atoms with E-state index < -0.39 is 0 Å². The fraction of sp³-hybridized carbons (Fsp3) is 1.00. The van der Waals surface area contributed by atoms with E-state index in [0.29, 0.717) is 24.8 Å². The summed E-state index contributed by atoms with van der Waals surface area (Å²) in [5, 5.41) is 13.5. The standard InChI is InChI=1S/C14H28N2O3/c1-11-14(5-8-19-11)15-12-3-6-16(7-4-12)9-13(17)10-18-2/h11-15,17H,3-10H2,1-2H3. The maximum Gasteiger partial charge on any atom is 0.0900 e. The van der Waals surface area contributed by atoms with E-state index in [4.69, 9.17) is 9.47 Å². The van der Waals surface area contributed by atoms with Crippen molar-refractivity contribution in [2.24, 2.45) is 0 Å². The van der Waals surface area contributed by atoms with Crippen LogP contribution in [-0.4, -0.2) is 74.3 Å². The van der Waals surface area contributed by atoms with Gasteiger partial charge in [0.05, 0.1) is 18.8 Å². The van der Waals surface area contributed by atoms with Gasteiger partial charge in [-0.05, 0) is 39.3 Å². The zero-order valence-electron chi connectivity index (χ0n) is 12.2. The van der Waals surface area contributed by atoms with Crippen molar-refractivity contribution < 1.29 is 14.6 Å². The number of β-amino-alcohol motifs (C(OH)–C–C–N with tert-alkyl or cyclic N) is 1. The van der Waals surface area contributed by atoms with Gasteiger partial charge in [-0.15, -0.1) is 0 Å². The summed E-state index contributed by atoms with van der Waals surface area (Å²) >= 11 is 0. The van der Waals surface area contributed by atoms with Crippen LogP contribution in [0.5, 0.6) is 0 Å². The first-order valence-electron chi connectivity index (χ1n) is 7.46. The van der Waals surface area contributed by atoms with Gasteiger partial charge in [0.1, 0.15) is 0 Å². The molecule has 0 aromatic rings. The van der Waals surface area contributed by atoms with Gasteiger partial charge in [-0.25, -0.2) is 0 Å². The van der Waals surface area contributed by atoms with Crippen molar-refractivity contribution in [1.82, 2.24) is 10.2 Å². The first-order chi connectivity index (χ1) is 9.19. The number of rotatable bonds is 6. The fourth-order valence-electron chi connectivity index (χ4n) is 3.08. The molecule has 0 aliphatic carbocycles. The highest BCUT2D eigenvalue weighted by molar-refractivity contribution is 4.86. The summed E-state index contributed by atoms with van der Waals surface area (Å²) in [5.41, 5.74) is 0. The van der Waals surface area contributed by atoms with Crippen LogP contribution in [0.15, 0.2) is 0 Å². The molecule has 2 aliphatic rings. The van der Waals surface area contributed by atoms with Gasteiger partial charge in [0, 0.05) is 32.3 Å². The first kappa shape index (κ1) is 15.2. The molecule has 2 aliphatic heterocycles. The Morgan fingerprint density at radius 3 is 2.68 bits per heavy atom. The van der Waals surface area contributed by atoms with Crippen LogP contribution in [0.1, 0.15) is 26.2 Å². The predicted molar refractivity (Wildman–Crippen MR) is 74.3 cm³/mol. The molecule has 112 valence electrons. The van der Waals surface area contributed by atoms with E-state index in [1.165, 1.54) is 0 Å². The van der Waals surface area contributed by atoms with Crippen molar-refractivity contribution in [2.75, 3.05) is 40.0 Å². The summed E-state index contributed by atoms with van der Waals surface area (Å²) in [6, 6.07) is 1.13. The number of hydrogen-bond acceptors (Lipinski definition) is 5. The monoisotopic (exact) mass is 272 g/mol. The van der Waals surface area contributed by atoms with Gasteiger partial charge in [0.25, 0.3) is 0 Å². The Hall–Kier alpha value is -0.200. The Kier molecular flexibility index (Phi) is 6.04. The molecule has 19 heavy (non-hydrogen) atoms. The average Bonchev–Trinajstić information content (AvgIpc) is 2.78. The van der Waals surface area contributed by atoms with Crippen LogP contribution in [0.25, 0.3) is 0 Å². The van der Waals surface area contributed by atoms with Gasteiger partial charge in [-0.1, -0.05) is 0 Å². The number of hydrogen-bond donors (Lipinski definition) is 2. The molecular formula is C14H28N2O3. The lowest BCUT2D eigenvalue weighted by molar-refractivity contribution is 0.0301. The summed E-state index contributed by atoms with van der Waals surface area (Å²) < 4.78 is 10.6. The van der Waals surface area contributed by atoms with Gasteiger partial charge in [0.15, 0.2) is 0 Å². The number of nitrogens with zero attached hydrogens (tertiary/aromatic N) is 1. The highest BCUT2D eigenvalue weighted by Crippen LogP contribution is 2.17. The molecule has 2 saturated heterocycles. The topological polar surface area (TPSA) is 54.0 Å². The van der Waals surface area contributed by atoms with Crippen LogP contribution >= 0.6 is 0 Å². The van der Waals surface area contributed by atoms with Gasteiger partial charge >= 0.3 is 0 Å². The maximum atomic E-state index is 9.73. The molecule has 0 amide bonds. The second kappa shape index (κ2) is 7.55. The van der Waals surface area contributed by atoms with Crippen LogP contribution in [0.3, 0.4) is 0 Å². The predicted octanol–water partition coefficient (Wildman–Crippen LogP) is 0.225. The van der Waals surface area contributed by atoms with Crippen molar-refractivity contribution in [3.05, 3.63) is 0 Å². The molecule has 5 nitrogen and oxygen atoms in total. The molecule has 5 heteroatoms. The quantitative estimate of drug-likeness (QED) is 0.725. The fourth-order valence-corrected chi connectivity index (χ4v) is 3.08. The number of nitrogens with one attached hydrogen (secondary N) is 1. The Balaban J connectivity index is 1.64. The smallest absolute Gasteiger partial charge is 0.0900 e. The lowest BCUT2D eigenvalue weighted by Gasteiger charge is -2.35. The summed E-state index contributed by atoms with van der Waals surface area (Å²) in [4.78, 5) is 2.33. The zero-order chi connectivity index (χ0) is 13.7. The van der Waals surface area contributed by atoms with Gasteiger partial charge in [-0.2, -0.15) is 0 Å². The first-order valence-corrected chi connectivity index (χ1v) is 7.46. The molecule has 0 spiro atoms. The third-order valence-electron chi connectivity index (χ3n) is 4.24. The second-order valence-corrected chi connectivity index (χ2v) is 5.82. The summed E-state index contributed by atoms with van der Waals surface area (Å²) in [5.74, 6) is 0. The summed E-state index contributed by atoms with van der Waals surface area (Å²) in [7, 11) is 1.63. The maximum absolute atomic E-state index is 9.73. The average molecular weight is 272 g/mol. The molecule has 3 unspecified atom stereocenters. The minimum Gasteiger partial charge on any atom is -0.389 e. The normalized spacial score (nSPS) is 31.7. The van der Waals surface area contributed by atoms with Crippen LogP contribution < -0.4 is 5.32 Å². The van der Waals surface area contributed by atoms with Crippen molar-refractivity contribution in [3.63, 3.8) is 0 Å². The number of aliphatic hydroxyl groups is 1. The Labute approximate surface area is 116 Å². The molecule has 2 N–H and O–H groups in total. The van der Waals surface area contributed by atoms with Crippen LogP contribution in [0, 0.1) is 0 Å². The number of ether oxygens (including phenoxy) is 2. The van der Waals surface area contributed by atoms with Gasteiger partial charge in [0.2, 0.25) is 0 Å². The molecule has 0 saturated carbocycles. The van der Waals surface area contributed by atoms with Crippen molar-refractivity contribution in [2.45, 2.75) is 50.5 Å². The van der Waals surface area contributed by atoms with E-state index in [1.807, 2.05) is 0 Å². The molecule has 0 bridgehead atoms. The van der Waals surface area contributed by atoms with E-state index in [0.717, 1.165) is 45.5 Å². The highest BCUT2D eigenvalue weighted by atomic mass is 16.5. The van der Waals surface area contributed by atoms with Crippen LogP contribution in [0.2, 0.25) is 0 Å². The van der Waals surface area contributed by atoms with Crippen molar-refractivity contribution >= 4 is 0 Å². The number of likely N-dealkylation sites (tertiary alicyclic amines) is 1.